The van der Waals surface area contributed by atoms with Crippen molar-refractivity contribution in [3.8, 4) is 39.7 Å². The van der Waals surface area contributed by atoms with E-state index in [9.17, 15) is 13.5 Å². The molecule has 0 atom stereocenters. The van der Waals surface area contributed by atoms with Crippen LogP contribution in [0.5, 0.6) is 5.75 Å². The summed E-state index contributed by atoms with van der Waals surface area (Å²) >= 11 is 0. The predicted molar refractivity (Wildman–Crippen MR) is 191 cm³/mol. The van der Waals surface area contributed by atoms with Gasteiger partial charge in [-0.2, -0.15) is 0 Å². The highest BCUT2D eigenvalue weighted by Gasteiger charge is 2.28. The number of sulfone groups is 1. The third-order valence-electron chi connectivity index (χ3n) is 9.43. The topological polar surface area (TPSA) is 89.5 Å². The van der Waals surface area contributed by atoms with Crippen LogP contribution in [0.2, 0.25) is 0 Å². The lowest BCUT2D eigenvalue weighted by atomic mass is 9.78. The Morgan fingerprint density at radius 1 is 0.674 bits per heavy atom. The van der Waals surface area contributed by atoms with Crippen molar-refractivity contribution < 1.29 is 13.5 Å². The first-order valence-electron chi connectivity index (χ1n) is 16.6. The molecule has 0 bridgehead atoms. The third-order valence-corrected chi connectivity index (χ3v) is 11.0. The second-order valence-electron chi connectivity index (χ2n) is 15.0. The summed E-state index contributed by atoms with van der Waals surface area (Å²) < 4.78 is 24.0. The Morgan fingerprint density at radius 3 is 1.65 bits per heavy atom. The van der Waals surface area contributed by atoms with Crippen LogP contribution in [0.4, 0.5) is 11.4 Å². The van der Waals surface area contributed by atoms with Crippen LogP contribution >= 0.6 is 0 Å². The molecular weight excluding hydrogens is 593 g/mol. The lowest BCUT2D eigenvalue weighted by Gasteiger charge is -2.29. The molecule has 6 rings (SSSR count). The van der Waals surface area contributed by atoms with Crippen LogP contribution in [0.15, 0.2) is 60.7 Å². The van der Waals surface area contributed by atoms with E-state index in [1.165, 1.54) is 24.9 Å². The summed E-state index contributed by atoms with van der Waals surface area (Å²) in [6.07, 6.45) is 3.77. The molecule has 4 aromatic rings. The zero-order chi connectivity index (χ0) is 32.9. The molecule has 3 heterocycles. The van der Waals surface area contributed by atoms with Gasteiger partial charge >= 0.3 is 0 Å². The van der Waals surface area contributed by atoms with E-state index in [4.69, 9.17) is 4.98 Å². The lowest BCUT2D eigenvalue weighted by molar-refractivity contribution is 0.423. The van der Waals surface area contributed by atoms with Gasteiger partial charge in [0.2, 0.25) is 0 Å². The van der Waals surface area contributed by atoms with E-state index in [1.807, 2.05) is 0 Å². The fraction of sp³-hybridized carbons (Fsp3) is 0.447. The molecule has 2 N–H and O–H groups in total. The Hall–Kier alpha value is -3.78. The molecule has 1 aromatic heterocycles. The molecule has 3 aromatic carbocycles. The summed E-state index contributed by atoms with van der Waals surface area (Å²) in [5, 5.41) is 11.4. The van der Waals surface area contributed by atoms with Gasteiger partial charge in [0.15, 0.2) is 9.84 Å². The highest BCUT2D eigenvalue weighted by Crippen LogP contribution is 2.43. The summed E-state index contributed by atoms with van der Waals surface area (Å²) in [6.45, 7) is 16.0. The average Bonchev–Trinajstić information content (AvgIpc) is 3.46. The number of aromatic amines is 1. The van der Waals surface area contributed by atoms with Gasteiger partial charge in [0, 0.05) is 65.4 Å². The maximum atomic E-state index is 12.0. The van der Waals surface area contributed by atoms with Crippen LogP contribution in [-0.4, -0.2) is 61.2 Å². The zero-order valence-electron chi connectivity index (χ0n) is 28.2. The van der Waals surface area contributed by atoms with Gasteiger partial charge in [-0.1, -0.05) is 65.8 Å². The van der Waals surface area contributed by atoms with Crippen molar-refractivity contribution in [3.63, 3.8) is 0 Å². The second-order valence-corrected chi connectivity index (χ2v) is 17.3. The second kappa shape index (κ2) is 12.1. The molecule has 0 radical (unpaired) electrons. The van der Waals surface area contributed by atoms with Crippen LogP contribution in [0.3, 0.4) is 0 Å². The summed E-state index contributed by atoms with van der Waals surface area (Å²) in [7, 11) is -2.95. The summed E-state index contributed by atoms with van der Waals surface area (Å²) in [4.78, 5) is 13.5. The van der Waals surface area contributed by atoms with Crippen LogP contribution in [0.1, 0.15) is 71.9 Å². The molecule has 2 aliphatic heterocycles. The number of phenolic OH excluding ortho intramolecular Hbond substituents is 1. The molecule has 2 aliphatic rings. The number of rotatable bonds is 5. The number of aromatic nitrogens is 2. The first kappa shape index (κ1) is 32.2. The van der Waals surface area contributed by atoms with Gasteiger partial charge in [0.25, 0.3) is 0 Å². The molecular formula is C38H48N4O3S. The molecule has 46 heavy (non-hydrogen) atoms. The molecule has 0 amide bonds. The maximum absolute atomic E-state index is 12.0. The first-order chi connectivity index (χ1) is 21.7. The minimum absolute atomic E-state index is 0.190. The maximum Gasteiger partial charge on any atom is 0.153 e. The van der Waals surface area contributed by atoms with Crippen molar-refractivity contribution in [3.05, 3.63) is 71.8 Å². The molecule has 2 fully saturated rings. The number of phenols is 1. The number of benzene rings is 3. The number of piperidine rings is 1. The van der Waals surface area contributed by atoms with Crippen molar-refractivity contribution in [2.75, 3.05) is 47.5 Å². The fourth-order valence-corrected chi connectivity index (χ4v) is 7.84. The van der Waals surface area contributed by atoms with Crippen LogP contribution in [0.25, 0.3) is 33.9 Å². The zero-order valence-corrected chi connectivity index (χ0v) is 29.0. The van der Waals surface area contributed by atoms with Gasteiger partial charge in [-0.05, 0) is 66.5 Å². The minimum Gasteiger partial charge on any atom is -0.507 e. The Kier molecular flexibility index (Phi) is 8.47. The van der Waals surface area contributed by atoms with Crippen LogP contribution < -0.4 is 9.80 Å². The van der Waals surface area contributed by atoms with Gasteiger partial charge in [-0.25, -0.2) is 13.4 Å². The van der Waals surface area contributed by atoms with E-state index < -0.39 is 9.84 Å². The predicted octanol–water partition coefficient (Wildman–Crippen LogP) is 7.94. The average molecular weight is 641 g/mol. The Labute approximate surface area is 274 Å². The van der Waals surface area contributed by atoms with Gasteiger partial charge in [-0.3, -0.25) is 0 Å². The molecule has 0 aliphatic carbocycles. The van der Waals surface area contributed by atoms with Crippen molar-refractivity contribution in [1.29, 1.82) is 0 Å². The number of hydrogen-bond donors (Lipinski definition) is 2. The molecule has 0 spiro atoms. The molecule has 8 heteroatoms. The Balaban J connectivity index is 1.44. The van der Waals surface area contributed by atoms with Crippen LogP contribution in [0, 0.1) is 0 Å². The highest BCUT2D eigenvalue weighted by atomic mass is 32.2. The quantitative estimate of drug-likeness (QED) is 0.230. The van der Waals surface area contributed by atoms with Crippen molar-refractivity contribution in [2.24, 2.45) is 0 Å². The normalized spacial score (nSPS) is 17.3. The van der Waals surface area contributed by atoms with Crippen molar-refractivity contribution in [1.82, 2.24) is 9.97 Å². The Morgan fingerprint density at radius 2 is 1.15 bits per heavy atom. The van der Waals surface area contributed by atoms with E-state index >= 15 is 0 Å². The molecule has 244 valence electrons. The number of nitrogens with one attached hydrogen (secondary N) is 1. The number of aromatic hydroxyl groups is 1. The molecule has 0 saturated carbocycles. The van der Waals surface area contributed by atoms with Gasteiger partial charge in [0.05, 0.1) is 22.9 Å². The Bertz CT molecular complexity index is 1760. The van der Waals surface area contributed by atoms with E-state index in [0.29, 0.717) is 18.8 Å². The first-order valence-corrected chi connectivity index (χ1v) is 18.4. The van der Waals surface area contributed by atoms with Crippen molar-refractivity contribution >= 4 is 21.2 Å². The summed E-state index contributed by atoms with van der Waals surface area (Å²) in [6, 6.07) is 21.3. The van der Waals surface area contributed by atoms with E-state index in [1.54, 1.807) is 0 Å². The number of anilines is 2. The largest absolute Gasteiger partial charge is 0.507 e. The molecule has 0 unspecified atom stereocenters. The van der Waals surface area contributed by atoms with E-state index in [2.05, 4.69) is 117 Å². The summed E-state index contributed by atoms with van der Waals surface area (Å²) in [5.41, 5.74) is 8.33. The number of imidazole rings is 1. The summed E-state index contributed by atoms with van der Waals surface area (Å²) in [5.74, 6) is 1.49. The van der Waals surface area contributed by atoms with Gasteiger partial charge in [-0.15, -0.1) is 0 Å². The standard InChI is InChI=1S/C38H48N4O3S/c1-37(2,3)31-24-28(25-32(35(31)43)38(4,5)6)36-39-33(26-10-14-29(15-11-26)41-18-8-7-9-19-41)34(40-36)27-12-16-30(17-13-27)42-20-22-46(44,45)23-21-42/h10-17,24-25,43H,7-9,18-23H2,1-6H3,(H,39,40). The number of nitrogens with zero attached hydrogens (tertiary/aromatic N) is 3. The van der Waals surface area contributed by atoms with Crippen LogP contribution in [-0.2, 0) is 20.7 Å². The van der Waals surface area contributed by atoms with Gasteiger partial charge < -0.3 is 19.9 Å². The number of hydrogen-bond acceptors (Lipinski definition) is 6. The van der Waals surface area contributed by atoms with Crippen molar-refractivity contribution in [2.45, 2.75) is 71.6 Å². The molecule has 2 saturated heterocycles. The molecule has 7 nitrogen and oxygen atoms in total. The highest BCUT2D eigenvalue weighted by molar-refractivity contribution is 7.91. The third kappa shape index (κ3) is 6.68. The monoisotopic (exact) mass is 640 g/mol. The minimum atomic E-state index is -2.95. The smallest absolute Gasteiger partial charge is 0.153 e. The van der Waals surface area contributed by atoms with E-state index in [-0.39, 0.29) is 22.3 Å². The van der Waals surface area contributed by atoms with E-state index in [0.717, 1.165) is 63.8 Å². The fourth-order valence-electron chi connectivity index (χ4n) is 6.63. The number of H-pyrrole nitrogens is 1. The lowest BCUT2D eigenvalue weighted by Crippen LogP contribution is -2.40. The van der Waals surface area contributed by atoms with Gasteiger partial charge in [0.1, 0.15) is 11.6 Å². The SMILES string of the molecule is CC(C)(C)c1cc(-c2nc(-c3ccc(N4CCCCC4)cc3)c(-c3ccc(N4CCS(=O)(=O)CC4)cc3)[nH]2)cc(C(C)(C)C)c1O.